The summed E-state index contributed by atoms with van der Waals surface area (Å²) >= 11 is 1.63. The molecule has 2 aromatic rings. The lowest BCUT2D eigenvalue weighted by Crippen LogP contribution is -2.16. The van der Waals surface area contributed by atoms with Crippen LogP contribution >= 0.6 is 11.3 Å². The molecule has 19 heavy (non-hydrogen) atoms. The van der Waals surface area contributed by atoms with Gasteiger partial charge in [-0.3, -0.25) is 0 Å². The van der Waals surface area contributed by atoms with Gasteiger partial charge in [-0.25, -0.2) is 18.5 Å². The summed E-state index contributed by atoms with van der Waals surface area (Å²) in [5, 5.41) is 11.0. The van der Waals surface area contributed by atoms with E-state index in [2.05, 4.69) is 10.3 Å². The first-order valence-corrected chi connectivity index (χ1v) is 8.11. The first kappa shape index (κ1) is 14.2. The standard InChI is InChI=1S/C11H15N3O3S2/c1-8-14-9(7-18-8)4-5-13-6-10-2-3-11(17-10)19(12,15)16/h2-3,7,13H,4-6H2,1H3,(H2,12,15,16). The van der Waals surface area contributed by atoms with Gasteiger partial charge in [0, 0.05) is 18.3 Å². The number of aryl methyl sites for hydroxylation is 1. The number of nitrogens with two attached hydrogens (primary N) is 1. The maximum absolute atomic E-state index is 11.0. The molecule has 6 nitrogen and oxygen atoms in total. The number of hydrogen-bond acceptors (Lipinski definition) is 6. The van der Waals surface area contributed by atoms with Gasteiger partial charge in [0.1, 0.15) is 5.76 Å². The van der Waals surface area contributed by atoms with Crippen molar-refractivity contribution in [2.45, 2.75) is 25.0 Å². The average Bonchev–Trinajstić information content (AvgIpc) is 2.93. The Hall–Kier alpha value is -1.22. The van der Waals surface area contributed by atoms with E-state index in [-0.39, 0.29) is 5.09 Å². The molecule has 0 amide bonds. The van der Waals surface area contributed by atoms with E-state index in [0.717, 1.165) is 23.7 Å². The molecule has 0 aliphatic rings. The van der Waals surface area contributed by atoms with E-state index in [9.17, 15) is 8.42 Å². The second kappa shape index (κ2) is 5.83. The summed E-state index contributed by atoms with van der Waals surface area (Å²) in [6.07, 6.45) is 0.826. The van der Waals surface area contributed by atoms with E-state index in [1.54, 1.807) is 17.4 Å². The molecular formula is C11H15N3O3S2. The summed E-state index contributed by atoms with van der Waals surface area (Å²) in [5.74, 6) is 0.540. The molecule has 0 aliphatic heterocycles. The molecule has 3 N–H and O–H groups in total. The van der Waals surface area contributed by atoms with Crippen LogP contribution in [0.5, 0.6) is 0 Å². The number of primary sulfonamides is 1. The molecule has 0 saturated heterocycles. The zero-order valence-electron chi connectivity index (χ0n) is 10.4. The lowest BCUT2D eigenvalue weighted by Gasteiger charge is -2.00. The van der Waals surface area contributed by atoms with Crippen molar-refractivity contribution in [2.75, 3.05) is 6.54 Å². The van der Waals surface area contributed by atoms with Gasteiger partial charge in [0.25, 0.3) is 10.0 Å². The Morgan fingerprint density at radius 1 is 1.47 bits per heavy atom. The summed E-state index contributed by atoms with van der Waals surface area (Å²) in [5.41, 5.74) is 1.06. The molecule has 0 radical (unpaired) electrons. The number of sulfonamides is 1. The van der Waals surface area contributed by atoms with Crippen LogP contribution in [0.3, 0.4) is 0 Å². The molecule has 2 rings (SSSR count). The molecule has 0 fully saturated rings. The van der Waals surface area contributed by atoms with Gasteiger partial charge in [0.05, 0.1) is 17.2 Å². The van der Waals surface area contributed by atoms with Crippen LogP contribution in [0.1, 0.15) is 16.5 Å². The minimum atomic E-state index is -3.76. The summed E-state index contributed by atoms with van der Waals surface area (Å²) in [7, 11) is -3.76. The third kappa shape index (κ3) is 4.13. The predicted molar refractivity (Wildman–Crippen MR) is 72.3 cm³/mol. The van der Waals surface area contributed by atoms with Gasteiger partial charge in [-0.05, 0) is 19.1 Å². The second-order valence-corrected chi connectivity index (χ2v) is 6.61. The Kier molecular flexibility index (Phi) is 4.35. The van der Waals surface area contributed by atoms with Crippen LogP contribution in [-0.4, -0.2) is 19.9 Å². The van der Waals surface area contributed by atoms with Crippen molar-refractivity contribution in [1.82, 2.24) is 10.3 Å². The van der Waals surface area contributed by atoms with Gasteiger partial charge in [0.2, 0.25) is 5.09 Å². The van der Waals surface area contributed by atoms with Crippen LogP contribution < -0.4 is 10.5 Å². The Labute approximate surface area is 115 Å². The van der Waals surface area contributed by atoms with E-state index >= 15 is 0 Å². The van der Waals surface area contributed by atoms with Gasteiger partial charge < -0.3 is 9.73 Å². The monoisotopic (exact) mass is 301 g/mol. The molecule has 0 saturated carbocycles. The summed E-state index contributed by atoms with van der Waals surface area (Å²) in [4.78, 5) is 4.35. The fourth-order valence-corrected chi connectivity index (χ4v) is 2.69. The van der Waals surface area contributed by atoms with Crippen LogP contribution in [0.25, 0.3) is 0 Å². The summed E-state index contributed by atoms with van der Waals surface area (Å²) in [6, 6.07) is 2.95. The predicted octanol–water partition coefficient (Wildman–Crippen LogP) is 1.02. The van der Waals surface area contributed by atoms with E-state index in [1.807, 2.05) is 12.3 Å². The van der Waals surface area contributed by atoms with Crippen molar-refractivity contribution in [3.8, 4) is 0 Å². The number of furan rings is 1. The highest BCUT2D eigenvalue weighted by Crippen LogP contribution is 2.12. The largest absolute Gasteiger partial charge is 0.447 e. The van der Waals surface area contributed by atoms with Crippen molar-refractivity contribution < 1.29 is 12.8 Å². The number of nitrogens with zero attached hydrogens (tertiary/aromatic N) is 1. The molecule has 2 aromatic heterocycles. The van der Waals surface area contributed by atoms with Crippen LogP contribution in [-0.2, 0) is 23.0 Å². The van der Waals surface area contributed by atoms with Crippen molar-refractivity contribution in [3.63, 3.8) is 0 Å². The minimum Gasteiger partial charge on any atom is -0.447 e. The highest BCUT2D eigenvalue weighted by molar-refractivity contribution is 7.89. The molecule has 0 unspecified atom stereocenters. The van der Waals surface area contributed by atoms with Crippen molar-refractivity contribution in [1.29, 1.82) is 0 Å². The first-order chi connectivity index (χ1) is 8.95. The highest BCUT2D eigenvalue weighted by atomic mass is 32.2. The Morgan fingerprint density at radius 2 is 2.26 bits per heavy atom. The van der Waals surface area contributed by atoms with E-state index in [0.29, 0.717) is 12.3 Å². The quantitative estimate of drug-likeness (QED) is 0.776. The van der Waals surface area contributed by atoms with Crippen molar-refractivity contribution in [2.24, 2.45) is 5.14 Å². The normalized spacial score (nSPS) is 11.9. The lowest BCUT2D eigenvalue weighted by atomic mass is 10.3. The summed E-state index contributed by atoms with van der Waals surface area (Å²) < 4.78 is 27.2. The van der Waals surface area contributed by atoms with Crippen LogP contribution in [0.2, 0.25) is 0 Å². The Morgan fingerprint density at radius 3 is 2.84 bits per heavy atom. The van der Waals surface area contributed by atoms with Crippen LogP contribution in [0.15, 0.2) is 27.0 Å². The zero-order valence-corrected chi connectivity index (χ0v) is 12.1. The lowest BCUT2D eigenvalue weighted by molar-refractivity contribution is 0.403. The molecule has 0 atom stereocenters. The molecule has 0 aromatic carbocycles. The second-order valence-electron chi connectivity index (χ2n) is 4.05. The Bertz CT molecular complexity index is 646. The van der Waals surface area contributed by atoms with Crippen LogP contribution in [0.4, 0.5) is 0 Å². The van der Waals surface area contributed by atoms with Gasteiger partial charge in [-0.1, -0.05) is 0 Å². The van der Waals surface area contributed by atoms with E-state index < -0.39 is 10.0 Å². The number of rotatable bonds is 6. The van der Waals surface area contributed by atoms with Gasteiger partial charge in [-0.2, -0.15) is 0 Å². The topological polar surface area (TPSA) is 98.2 Å². The van der Waals surface area contributed by atoms with Crippen molar-refractivity contribution >= 4 is 21.4 Å². The first-order valence-electron chi connectivity index (χ1n) is 5.68. The molecule has 0 spiro atoms. The maximum Gasteiger partial charge on any atom is 0.271 e. The van der Waals surface area contributed by atoms with Crippen molar-refractivity contribution in [3.05, 3.63) is 34.0 Å². The summed E-state index contributed by atoms with van der Waals surface area (Å²) in [6.45, 7) is 3.17. The van der Waals surface area contributed by atoms with E-state index in [4.69, 9.17) is 9.56 Å². The minimum absolute atomic E-state index is 0.209. The Balaban J connectivity index is 1.78. The molecular weight excluding hydrogens is 286 g/mol. The number of aromatic nitrogens is 1. The third-order valence-corrected chi connectivity index (χ3v) is 4.04. The molecule has 8 heteroatoms. The third-order valence-electron chi connectivity index (χ3n) is 2.44. The smallest absolute Gasteiger partial charge is 0.271 e. The zero-order chi connectivity index (χ0) is 13.9. The SMILES string of the molecule is Cc1nc(CCNCc2ccc(S(N)(=O)=O)o2)cs1. The fraction of sp³-hybridized carbons (Fsp3) is 0.364. The molecule has 0 bridgehead atoms. The number of hydrogen-bond donors (Lipinski definition) is 2. The average molecular weight is 301 g/mol. The number of nitrogens with one attached hydrogen (secondary N) is 1. The van der Waals surface area contributed by atoms with Gasteiger partial charge in [-0.15, -0.1) is 11.3 Å². The van der Waals surface area contributed by atoms with Crippen LogP contribution in [0, 0.1) is 6.92 Å². The van der Waals surface area contributed by atoms with E-state index in [1.165, 1.54) is 6.07 Å². The molecule has 104 valence electrons. The fourth-order valence-electron chi connectivity index (χ4n) is 1.56. The van der Waals surface area contributed by atoms with Gasteiger partial charge >= 0.3 is 0 Å². The molecule has 0 aliphatic carbocycles. The maximum atomic E-state index is 11.0. The van der Waals surface area contributed by atoms with Gasteiger partial charge in [0.15, 0.2) is 0 Å². The number of thiazole rings is 1. The molecule has 2 heterocycles. The highest BCUT2D eigenvalue weighted by Gasteiger charge is 2.12.